The van der Waals surface area contributed by atoms with E-state index >= 15 is 0 Å². The molecule has 1 atom stereocenters. The van der Waals surface area contributed by atoms with E-state index in [-0.39, 0.29) is 0 Å². The fraction of sp³-hybridized carbons (Fsp3) is 0.647. The van der Waals surface area contributed by atoms with Gasteiger partial charge in [-0.05, 0) is 54.9 Å². The first-order valence-corrected chi connectivity index (χ1v) is 7.77. The van der Waals surface area contributed by atoms with Crippen molar-refractivity contribution in [1.82, 2.24) is 5.32 Å². The number of nitrogens with zero attached hydrogens (tertiary/aromatic N) is 1. The van der Waals surface area contributed by atoms with E-state index in [2.05, 4.69) is 49.2 Å². The SMILES string of the molecule is CC(C)c1ccc(N2CCN[C@@H](C)C2)cc1C1CC1. The average molecular weight is 258 g/mol. The van der Waals surface area contributed by atoms with E-state index in [0.717, 1.165) is 25.6 Å². The summed E-state index contributed by atoms with van der Waals surface area (Å²) in [6, 6.07) is 7.79. The van der Waals surface area contributed by atoms with Crippen LogP contribution in [0.5, 0.6) is 0 Å². The van der Waals surface area contributed by atoms with Crippen molar-refractivity contribution in [2.24, 2.45) is 0 Å². The van der Waals surface area contributed by atoms with Crippen LogP contribution in [0.4, 0.5) is 5.69 Å². The van der Waals surface area contributed by atoms with Crippen LogP contribution in [0.3, 0.4) is 0 Å². The standard InChI is InChI=1S/C17H26N2/c1-12(2)16-7-6-15(10-17(16)14-4-5-14)19-9-8-18-13(3)11-19/h6-7,10,12-14,18H,4-5,8-9,11H2,1-3H3/t13-/m0/s1. The minimum atomic E-state index is 0.600. The van der Waals surface area contributed by atoms with Crippen LogP contribution in [-0.4, -0.2) is 25.7 Å². The minimum Gasteiger partial charge on any atom is -0.369 e. The summed E-state index contributed by atoms with van der Waals surface area (Å²) < 4.78 is 0. The molecule has 2 fully saturated rings. The van der Waals surface area contributed by atoms with Gasteiger partial charge in [0.2, 0.25) is 0 Å². The van der Waals surface area contributed by atoms with Crippen molar-refractivity contribution in [3.8, 4) is 0 Å². The van der Waals surface area contributed by atoms with E-state index in [1.54, 1.807) is 11.1 Å². The molecule has 1 aromatic rings. The Morgan fingerprint density at radius 2 is 2.05 bits per heavy atom. The lowest BCUT2D eigenvalue weighted by molar-refractivity contribution is 0.484. The Balaban J connectivity index is 1.88. The van der Waals surface area contributed by atoms with E-state index in [4.69, 9.17) is 0 Å². The third-order valence-electron chi connectivity index (χ3n) is 4.44. The average Bonchev–Trinajstić information content (AvgIpc) is 3.22. The maximum Gasteiger partial charge on any atom is 0.0370 e. The van der Waals surface area contributed by atoms with Gasteiger partial charge in [0, 0.05) is 31.4 Å². The predicted octanol–water partition coefficient (Wildman–Crippen LogP) is 3.49. The number of piperazine rings is 1. The van der Waals surface area contributed by atoms with E-state index in [1.165, 1.54) is 18.5 Å². The van der Waals surface area contributed by atoms with Crippen LogP contribution in [-0.2, 0) is 0 Å². The summed E-state index contributed by atoms with van der Waals surface area (Å²) >= 11 is 0. The molecule has 104 valence electrons. The van der Waals surface area contributed by atoms with Crippen LogP contribution in [0.15, 0.2) is 18.2 Å². The summed E-state index contributed by atoms with van der Waals surface area (Å²) in [5.74, 6) is 1.49. The monoisotopic (exact) mass is 258 g/mol. The molecule has 1 saturated carbocycles. The molecule has 2 heteroatoms. The zero-order valence-electron chi connectivity index (χ0n) is 12.4. The maximum absolute atomic E-state index is 3.52. The van der Waals surface area contributed by atoms with Crippen LogP contribution < -0.4 is 10.2 Å². The summed E-state index contributed by atoms with van der Waals surface area (Å²) in [7, 11) is 0. The summed E-state index contributed by atoms with van der Waals surface area (Å²) in [6.07, 6.45) is 2.78. The minimum absolute atomic E-state index is 0.600. The Kier molecular flexibility index (Phi) is 3.53. The lowest BCUT2D eigenvalue weighted by atomic mass is 9.93. The van der Waals surface area contributed by atoms with Gasteiger partial charge in [0.15, 0.2) is 0 Å². The molecule has 0 aromatic heterocycles. The largest absolute Gasteiger partial charge is 0.369 e. The summed E-state index contributed by atoms with van der Waals surface area (Å²) in [4.78, 5) is 2.54. The molecule has 1 aliphatic carbocycles. The first-order chi connectivity index (χ1) is 9.15. The lowest BCUT2D eigenvalue weighted by Crippen LogP contribution is -2.49. The highest BCUT2D eigenvalue weighted by Crippen LogP contribution is 2.44. The van der Waals surface area contributed by atoms with Crippen molar-refractivity contribution in [1.29, 1.82) is 0 Å². The van der Waals surface area contributed by atoms with E-state index in [0.29, 0.717) is 12.0 Å². The number of hydrogen-bond donors (Lipinski definition) is 1. The Labute approximate surface area is 117 Å². The van der Waals surface area contributed by atoms with Gasteiger partial charge >= 0.3 is 0 Å². The molecule has 0 radical (unpaired) electrons. The first-order valence-electron chi connectivity index (χ1n) is 7.77. The van der Waals surface area contributed by atoms with Crippen molar-refractivity contribution in [2.75, 3.05) is 24.5 Å². The quantitative estimate of drug-likeness (QED) is 0.893. The Hall–Kier alpha value is -1.02. The van der Waals surface area contributed by atoms with Gasteiger partial charge in [-0.3, -0.25) is 0 Å². The van der Waals surface area contributed by atoms with Crippen molar-refractivity contribution in [3.05, 3.63) is 29.3 Å². The summed E-state index contributed by atoms with van der Waals surface area (Å²) in [5.41, 5.74) is 4.62. The lowest BCUT2D eigenvalue weighted by Gasteiger charge is -2.34. The summed E-state index contributed by atoms with van der Waals surface area (Å²) in [6.45, 7) is 10.3. The molecule has 1 saturated heterocycles. The van der Waals surface area contributed by atoms with Crippen LogP contribution >= 0.6 is 0 Å². The van der Waals surface area contributed by atoms with Crippen molar-refractivity contribution in [2.45, 2.75) is 51.5 Å². The third-order valence-corrected chi connectivity index (χ3v) is 4.44. The molecule has 0 unspecified atom stereocenters. The third kappa shape index (κ3) is 2.79. The van der Waals surface area contributed by atoms with Crippen molar-refractivity contribution >= 4 is 5.69 Å². The van der Waals surface area contributed by atoms with Gasteiger partial charge in [-0.15, -0.1) is 0 Å². The zero-order chi connectivity index (χ0) is 13.4. The topological polar surface area (TPSA) is 15.3 Å². The molecular weight excluding hydrogens is 232 g/mol. The van der Waals surface area contributed by atoms with Crippen molar-refractivity contribution < 1.29 is 0 Å². The molecule has 0 amide bonds. The van der Waals surface area contributed by atoms with Crippen LogP contribution in [0, 0.1) is 0 Å². The number of anilines is 1. The number of hydrogen-bond acceptors (Lipinski definition) is 2. The zero-order valence-corrected chi connectivity index (χ0v) is 12.4. The highest BCUT2D eigenvalue weighted by Gasteiger charge is 2.27. The molecule has 0 spiro atoms. The van der Waals surface area contributed by atoms with Gasteiger partial charge in [-0.1, -0.05) is 19.9 Å². The smallest absolute Gasteiger partial charge is 0.0370 e. The van der Waals surface area contributed by atoms with Crippen LogP contribution in [0.2, 0.25) is 0 Å². The van der Waals surface area contributed by atoms with Gasteiger partial charge in [0.25, 0.3) is 0 Å². The van der Waals surface area contributed by atoms with E-state index in [9.17, 15) is 0 Å². The molecule has 1 aromatic carbocycles. The molecule has 1 N–H and O–H groups in total. The van der Waals surface area contributed by atoms with E-state index in [1.807, 2.05) is 0 Å². The molecule has 2 nitrogen and oxygen atoms in total. The highest BCUT2D eigenvalue weighted by atomic mass is 15.2. The fourth-order valence-corrected chi connectivity index (χ4v) is 3.20. The van der Waals surface area contributed by atoms with E-state index < -0.39 is 0 Å². The Morgan fingerprint density at radius 3 is 2.68 bits per heavy atom. The van der Waals surface area contributed by atoms with Gasteiger partial charge in [-0.25, -0.2) is 0 Å². The normalized spacial score (nSPS) is 24.0. The summed E-state index contributed by atoms with van der Waals surface area (Å²) in [5, 5.41) is 3.52. The molecule has 1 heterocycles. The van der Waals surface area contributed by atoms with Crippen LogP contribution in [0.25, 0.3) is 0 Å². The van der Waals surface area contributed by atoms with Gasteiger partial charge < -0.3 is 10.2 Å². The molecule has 1 aliphatic heterocycles. The second-order valence-electron chi connectivity index (χ2n) is 6.54. The molecular formula is C17H26N2. The maximum atomic E-state index is 3.52. The molecule has 2 aliphatic rings. The van der Waals surface area contributed by atoms with Gasteiger partial charge in [-0.2, -0.15) is 0 Å². The Bertz CT molecular complexity index is 449. The first kappa shape index (κ1) is 13.0. The second kappa shape index (κ2) is 5.16. The Morgan fingerprint density at radius 1 is 1.26 bits per heavy atom. The second-order valence-corrected chi connectivity index (χ2v) is 6.54. The highest BCUT2D eigenvalue weighted by molar-refractivity contribution is 5.54. The number of nitrogens with one attached hydrogen (secondary N) is 1. The number of rotatable bonds is 3. The molecule has 0 bridgehead atoms. The predicted molar refractivity (Wildman–Crippen MR) is 82.2 cm³/mol. The fourth-order valence-electron chi connectivity index (χ4n) is 3.20. The van der Waals surface area contributed by atoms with Crippen molar-refractivity contribution in [3.63, 3.8) is 0 Å². The van der Waals surface area contributed by atoms with Gasteiger partial charge in [0.05, 0.1) is 0 Å². The number of benzene rings is 1. The molecule has 19 heavy (non-hydrogen) atoms. The molecule has 3 rings (SSSR count). The van der Waals surface area contributed by atoms with Gasteiger partial charge in [0.1, 0.15) is 0 Å². The van der Waals surface area contributed by atoms with Crippen LogP contribution in [0.1, 0.15) is 56.6 Å².